The maximum atomic E-state index is 12.2. The summed E-state index contributed by atoms with van der Waals surface area (Å²) in [7, 11) is 1.91. The summed E-state index contributed by atoms with van der Waals surface area (Å²) >= 11 is 0. The van der Waals surface area contributed by atoms with E-state index in [9.17, 15) is 4.79 Å². The van der Waals surface area contributed by atoms with Gasteiger partial charge in [-0.25, -0.2) is 4.68 Å². The number of rotatable bonds is 4. The van der Waals surface area contributed by atoms with E-state index in [1.807, 2.05) is 30.3 Å². The van der Waals surface area contributed by atoms with E-state index < -0.39 is 0 Å². The van der Waals surface area contributed by atoms with E-state index in [4.69, 9.17) is 0 Å². The predicted octanol–water partition coefficient (Wildman–Crippen LogP) is -0.0333. The first-order valence-electron chi connectivity index (χ1n) is 8.55. The fraction of sp³-hybridized carbons (Fsp3) is 0.529. The van der Waals surface area contributed by atoms with Gasteiger partial charge in [-0.3, -0.25) is 14.4 Å². The van der Waals surface area contributed by atoms with Gasteiger partial charge in [-0.1, -0.05) is 11.1 Å². The minimum atomic E-state index is -0.203. The van der Waals surface area contributed by atoms with Crippen LogP contribution in [0.2, 0.25) is 0 Å². The van der Waals surface area contributed by atoms with Crippen molar-refractivity contribution in [2.75, 3.05) is 13.1 Å². The molecule has 130 valence electrons. The van der Waals surface area contributed by atoms with E-state index in [1.165, 1.54) is 0 Å². The van der Waals surface area contributed by atoms with Crippen LogP contribution in [0.25, 0.3) is 0 Å². The number of hydrogen-bond donors (Lipinski definition) is 1. The third-order valence-corrected chi connectivity index (χ3v) is 4.59. The van der Waals surface area contributed by atoms with E-state index in [0.29, 0.717) is 5.92 Å². The second-order valence-electron chi connectivity index (χ2n) is 6.79. The van der Waals surface area contributed by atoms with Crippen molar-refractivity contribution in [1.82, 2.24) is 35.0 Å². The van der Waals surface area contributed by atoms with Crippen LogP contribution in [0.5, 0.6) is 0 Å². The molecule has 1 saturated carbocycles. The number of hydrogen-bond acceptors (Lipinski definition) is 5. The highest BCUT2D eigenvalue weighted by Gasteiger charge is 2.35. The topological polar surface area (TPSA) is 80.9 Å². The van der Waals surface area contributed by atoms with Gasteiger partial charge in [-0.2, -0.15) is 5.10 Å². The second-order valence-corrected chi connectivity index (χ2v) is 6.79. The Morgan fingerprint density at radius 1 is 1.40 bits per heavy atom. The van der Waals surface area contributed by atoms with Crippen LogP contribution in [0.3, 0.4) is 0 Å². The number of carbonyl (C=O) groups excluding carboxylic acids is 1. The molecule has 2 aliphatic rings. The average molecular weight is 339 g/mol. The molecule has 0 spiro atoms. The van der Waals surface area contributed by atoms with Crippen LogP contribution in [0.15, 0.2) is 24.8 Å². The summed E-state index contributed by atoms with van der Waals surface area (Å²) in [6.07, 6.45) is 9.62. The molecule has 2 fully saturated rings. The fourth-order valence-corrected chi connectivity index (χ4v) is 3.21. The molecule has 1 aliphatic carbocycles. The normalized spacial score (nSPS) is 23.2. The lowest BCUT2D eigenvalue weighted by Gasteiger charge is -2.18. The van der Waals surface area contributed by atoms with Crippen molar-refractivity contribution in [2.24, 2.45) is 13.0 Å². The maximum absolute atomic E-state index is 12.2. The van der Waals surface area contributed by atoms with Gasteiger partial charge in [-0.05, 0) is 18.8 Å². The molecule has 2 aromatic heterocycles. The standard InChI is InChI=1S/C17H21N7O/c1-22-9-14(8-19-22)10-23-11-15(16(12-23)24-7-6-18-21-24)20-17(25)5-4-13-2-3-13/h6-9,13,15-16H,2-3,10-12H2,1H3,(H,20,25)/t15-,16+/m1/s1. The van der Waals surface area contributed by atoms with E-state index in [0.717, 1.165) is 38.0 Å². The van der Waals surface area contributed by atoms with E-state index in [2.05, 4.69) is 37.5 Å². The van der Waals surface area contributed by atoms with Gasteiger partial charge >= 0.3 is 0 Å². The Bertz CT molecular complexity index is 797. The van der Waals surface area contributed by atoms with Gasteiger partial charge < -0.3 is 5.32 Å². The summed E-state index contributed by atoms with van der Waals surface area (Å²) in [5.41, 5.74) is 1.15. The quantitative estimate of drug-likeness (QED) is 0.791. The lowest BCUT2D eigenvalue weighted by molar-refractivity contribution is -0.116. The van der Waals surface area contributed by atoms with Crippen molar-refractivity contribution in [2.45, 2.75) is 31.5 Å². The van der Waals surface area contributed by atoms with Crippen molar-refractivity contribution in [1.29, 1.82) is 0 Å². The zero-order valence-corrected chi connectivity index (χ0v) is 14.2. The molecule has 8 heteroatoms. The highest BCUT2D eigenvalue weighted by molar-refractivity contribution is 5.93. The zero-order valence-electron chi connectivity index (χ0n) is 14.2. The van der Waals surface area contributed by atoms with E-state index in [-0.39, 0.29) is 18.0 Å². The molecular weight excluding hydrogens is 318 g/mol. The minimum Gasteiger partial charge on any atom is -0.339 e. The van der Waals surface area contributed by atoms with Gasteiger partial charge in [0.05, 0.1) is 24.5 Å². The second kappa shape index (κ2) is 6.69. The Morgan fingerprint density at radius 3 is 2.96 bits per heavy atom. The van der Waals surface area contributed by atoms with Gasteiger partial charge in [0.1, 0.15) is 0 Å². The summed E-state index contributed by atoms with van der Waals surface area (Å²) < 4.78 is 3.62. The Labute approximate surface area is 146 Å². The molecular formula is C17H21N7O. The molecule has 1 aliphatic heterocycles. The molecule has 8 nitrogen and oxygen atoms in total. The monoisotopic (exact) mass is 339 g/mol. The summed E-state index contributed by atoms with van der Waals surface area (Å²) in [6, 6.07) is 0.00483. The first-order valence-corrected chi connectivity index (χ1v) is 8.55. The molecule has 0 bridgehead atoms. The summed E-state index contributed by atoms with van der Waals surface area (Å²) in [5.74, 6) is 5.96. The molecule has 25 heavy (non-hydrogen) atoms. The van der Waals surface area contributed by atoms with Crippen molar-refractivity contribution >= 4 is 5.91 Å². The number of carbonyl (C=O) groups is 1. The van der Waals surface area contributed by atoms with Crippen molar-refractivity contribution < 1.29 is 4.79 Å². The number of aryl methyl sites for hydroxylation is 1. The Balaban J connectivity index is 1.44. The van der Waals surface area contributed by atoms with Crippen LogP contribution in [0.1, 0.15) is 24.4 Å². The smallest absolute Gasteiger partial charge is 0.296 e. The lowest BCUT2D eigenvalue weighted by Crippen LogP contribution is -2.41. The third kappa shape index (κ3) is 3.88. The summed E-state index contributed by atoms with van der Waals surface area (Å²) in [6.45, 7) is 2.33. The number of aromatic nitrogens is 5. The third-order valence-electron chi connectivity index (χ3n) is 4.59. The highest BCUT2D eigenvalue weighted by atomic mass is 16.1. The molecule has 3 heterocycles. The van der Waals surface area contributed by atoms with Crippen molar-refractivity contribution in [3.8, 4) is 11.8 Å². The molecule has 0 radical (unpaired) electrons. The van der Waals surface area contributed by atoms with Gasteiger partial charge in [0.25, 0.3) is 5.91 Å². The van der Waals surface area contributed by atoms with Crippen LogP contribution in [-0.4, -0.2) is 54.7 Å². The fourth-order valence-electron chi connectivity index (χ4n) is 3.21. The van der Waals surface area contributed by atoms with Crippen LogP contribution in [0, 0.1) is 17.8 Å². The predicted molar refractivity (Wildman–Crippen MR) is 90.0 cm³/mol. The van der Waals surface area contributed by atoms with Crippen molar-refractivity contribution in [3.05, 3.63) is 30.4 Å². The van der Waals surface area contributed by atoms with Gasteiger partial charge in [-0.15, -0.1) is 5.10 Å². The first-order chi connectivity index (χ1) is 12.2. The van der Waals surface area contributed by atoms with E-state index in [1.54, 1.807) is 10.9 Å². The van der Waals surface area contributed by atoms with Gasteiger partial charge in [0, 0.05) is 50.6 Å². The van der Waals surface area contributed by atoms with Crippen LogP contribution in [0.4, 0.5) is 0 Å². The summed E-state index contributed by atoms with van der Waals surface area (Å²) in [4.78, 5) is 14.4. The van der Waals surface area contributed by atoms with Crippen LogP contribution in [-0.2, 0) is 18.4 Å². The summed E-state index contributed by atoms with van der Waals surface area (Å²) in [5, 5.41) is 15.3. The molecule has 2 atom stereocenters. The minimum absolute atomic E-state index is 0.0422. The van der Waals surface area contributed by atoms with E-state index >= 15 is 0 Å². The molecule has 1 N–H and O–H groups in total. The number of nitrogens with zero attached hydrogens (tertiary/aromatic N) is 6. The van der Waals surface area contributed by atoms with Gasteiger partial charge in [0.2, 0.25) is 0 Å². The largest absolute Gasteiger partial charge is 0.339 e. The lowest BCUT2D eigenvalue weighted by atomic mass is 10.2. The Kier molecular flexibility index (Phi) is 4.24. The zero-order chi connectivity index (χ0) is 17.2. The molecule has 0 unspecified atom stereocenters. The Morgan fingerprint density at radius 2 is 2.28 bits per heavy atom. The molecule has 2 aromatic rings. The average Bonchev–Trinajstić information content (AvgIpc) is 2.96. The molecule has 1 amide bonds. The van der Waals surface area contributed by atoms with Crippen molar-refractivity contribution in [3.63, 3.8) is 0 Å². The molecule has 1 saturated heterocycles. The Hall–Kier alpha value is -2.66. The van der Waals surface area contributed by atoms with Gasteiger partial charge in [0.15, 0.2) is 0 Å². The maximum Gasteiger partial charge on any atom is 0.296 e. The van der Waals surface area contributed by atoms with Crippen LogP contribution >= 0.6 is 0 Å². The first kappa shape index (κ1) is 15.8. The molecule has 4 rings (SSSR count). The highest BCUT2D eigenvalue weighted by Crippen LogP contribution is 2.27. The molecule has 0 aromatic carbocycles. The number of amides is 1. The number of nitrogens with one attached hydrogen (secondary N) is 1. The van der Waals surface area contributed by atoms with Crippen LogP contribution < -0.4 is 5.32 Å². The SMILES string of the molecule is Cn1cc(CN2C[C@@H](NC(=O)C#CC3CC3)[C@@H](n3ccnn3)C2)cn1. The number of likely N-dealkylation sites (tertiary alicyclic amines) is 1.